The Balaban J connectivity index is 2.02. The Hall–Kier alpha value is -1.30. The number of carbonyl (C=O) groups is 1. The molecule has 1 aromatic heterocycles. The quantitative estimate of drug-likeness (QED) is 0.847. The van der Waals surface area contributed by atoms with Crippen LogP contribution in [0.2, 0.25) is 0 Å². The summed E-state index contributed by atoms with van der Waals surface area (Å²) in [6, 6.07) is 0. The van der Waals surface area contributed by atoms with E-state index in [0.717, 1.165) is 24.6 Å². The molecule has 0 spiro atoms. The molecule has 1 aliphatic rings. The van der Waals surface area contributed by atoms with E-state index >= 15 is 0 Å². The third-order valence-electron chi connectivity index (χ3n) is 4.69. The van der Waals surface area contributed by atoms with Gasteiger partial charge in [0.25, 0.3) is 5.91 Å². The number of carbonyl (C=O) groups excluding carboxylic acids is 1. The fraction of sp³-hybridized carbons (Fsp3) is 0.733. The van der Waals surface area contributed by atoms with E-state index < -0.39 is 0 Å². The summed E-state index contributed by atoms with van der Waals surface area (Å²) in [4.78, 5) is 19.2. The minimum Gasteiger partial charge on any atom is -0.382 e. The molecule has 3 N–H and O–H groups in total. The van der Waals surface area contributed by atoms with Crippen molar-refractivity contribution in [2.75, 3.05) is 30.8 Å². The molecule has 1 aromatic rings. The number of amides is 1. The summed E-state index contributed by atoms with van der Waals surface area (Å²) in [6.45, 7) is 5.85. The highest BCUT2D eigenvalue weighted by Crippen LogP contribution is 2.40. The maximum absolute atomic E-state index is 12.4. The third kappa shape index (κ3) is 3.48. The molecular weight excluding hydrogens is 284 g/mol. The summed E-state index contributed by atoms with van der Waals surface area (Å²) >= 11 is 1.37. The van der Waals surface area contributed by atoms with Crippen LogP contribution in [-0.2, 0) is 0 Å². The molecule has 0 aliphatic heterocycles. The lowest BCUT2D eigenvalue weighted by Gasteiger charge is -2.27. The highest BCUT2D eigenvalue weighted by Gasteiger charge is 2.32. The van der Waals surface area contributed by atoms with Crippen molar-refractivity contribution in [1.82, 2.24) is 10.3 Å². The van der Waals surface area contributed by atoms with Gasteiger partial charge in [0.1, 0.15) is 10.7 Å². The number of nitrogens with two attached hydrogens (primary N) is 1. The zero-order chi connectivity index (χ0) is 15.5. The van der Waals surface area contributed by atoms with Gasteiger partial charge < -0.3 is 16.0 Å². The van der Waals surface area contributed by atoms with E-state index in [0.29, 0.717) is 10.7 Å². The summed E-state index contributed by atoms with van der Waals surface area (Å²) in [6.07, 6.45) is 6.10. The van der Waals surface area contributed by atoms with Crippen molar-refractivity contribution in [3.63, 3.8) is 0 Å². The number of rotatable bonds is 6. The van der Waals surface area contributed by atoms with E-state index in [1.807, 2.05) is 18.9 Å². The Morgan fingerprint density at radius 2 is 2.10 bits per heavy atom. The van der Waals surface area contributed by atoms with Crippen LogP contribution in [0, 0.1) is 5.41 Å². The van der Waals surface area contributed by atoms with Crippen LogP contribution >= 0.6 is 11.3 Å². The van der Waals surface area contributed by atoms with Crippen LogP contribution in [0.5, 0.6) is 0 Å². The van der Waals surface area contributed by atoms with Crippen LogP contribution in [0.3, 0.4) is 0 Å². The monoisotopic (exact) mass is 310 g/mol. The number of nitrogens with one attached hydrogen (secondary N) is 1. The smallest absolute Gasteiger partial charge is 0.265 e. The van der Waals surface area contributed by atoms with Gasteiger partial charge in [0.2, 0.25) is 0 Å². The molecular formula is C15H26N4OS. The highest BCUT2D eigenvalue weighted by atomic mass is 32.1. The second-order valence-electron chi connectivity index (χ2n) is 5.97. The van der Waals surface area contributed by atoms with Gasteiger partial charge >= 0.3 is 0 Å². The van der Waals surface area contributed by atoms with Gasteiger partial charge in [0, 0.05) is 20.1 Å². The first-order valence-electron chi connectivity index (χ1n) is 7.77. The van der Waals surface area contributed by atoms with E-state index in [1.54, 1.807) is 0 Å². The van der Waals surface area contributed by atoms with Gasteiger partial charge in [-0.3, -0.25) is 4.79 Å². The maximum atomic E-state index is 12.4. The number of nitrogen functional groups attached to an aromatic ring is 1. The molecule has 1 fully saturated rings. The topological polar surface area (TPSA) is 71.2 Å². The molecule has 1 heterocycles. The standard InChI is InChI=1S/C15H26N4OS/c1-4-15(8-6-7-9-15)10-17-13(20)11-12(16)18-14(21-11)19(3)5-2/h4-10,16H2,1-3H3,(H,17,20). The first kappa shape index (κ1) is 16.1. The van der Waals surface area contributed by atoms with Gasteiger partial charge in [-0.05, 0) is 31.6 Å². The second kappa shape index (κ2) is 6.64. The zero-order valence-corrected chi connectivity index (χ0v) is 14.1. The lowest BCUT2D eigenvalue weighted by Crippen LogP contribution is -2.35. The Bertz CT molecular complexity index is 494. The van der Waals surface area contributed by atoms with Gasteiger partial charge in [-0.25, -0.2) is 4.98 Å². The maximum Gasteiger partial charge on any atom is 0.265 e. The number of thiazole rings is 1. The Morgan fingerprint density at radius 3 is 2.67 bits per heavy atom. The summed E-state index contributed by atoms with van der Waals surface area (Å²) in [5.41, 5.74) is 6.19. The minimum atomic E-state index is -0.0829. The number of aromatic nitrogens is 1. The van der Waals surface area contributed by atoms with Crippen molar-refractivity contribution >= 4 is 28.2 Å². The van der Waals surface area contributed by atoms with Crippen molar-refractivity contribution < 1.29 is 4.79 Å². The molecule has 1 saturated carbocycles. The lowest BCUT2D eigenvalue weighted by molar-refractivity contribution is 0.0933. The molecule has 0 saturated heterocycles. The second-order valence-corrected chi connectivity index (χ2v) is 6.95. The molecule has 0 radical (unpaired) electrons. The number of hydrogen-bond donors (Lipinski definition) is 2. The van der Waals surface area contributed by atoms with Gasteiger partial charge in [-0.15, -0.1) is 0 Å². The molecule has 0 atom stereocenters. The summed E-state index contributed by atoms with van der Waals surface area (Å²) in [5, 5.41) is 3.87. The SMILES string of the molecule is CCN(C)c1nc(N)c(C(=O)NCC2(CC)CCCC2)s1. The molecule has 0 unspecified atom stereocenters. The molecule has 2 rings (SSSR count). The van der Waals surface area contributed by atoms with E-state index in [1.165, 1.54) is 37.0 Å². The normalized spacial score (nSPS) is 16.9. The zero-order valence-electron chi connectivity index (χ0n) is 13.2. The van der Waals surface area contributed by atoms with Gasteiger partial charge in [-0.1, -0.05) is 31.1 Å². The molecule has 21 heavy (non-hydrogen) atoms. The average Bonchev–Trinajstić information content (AvgIpc) is 3.11. The molecule has 5 nitrogen and oxygen atoms in total. The van der Waals surface area contributed by atoms with Gasteiger partial charge in [-0.2, -0.15) is 0 Å². The predicted octanol–water partition coefficient (Wildman–Crippen LogP) is 2.88. The van der Waals surface area contributed by atoms with Crippen LogP contribution in [0.4, 0.5) is 10.9 Å². The number of hydrogen-bond acceptors (Lipinski definition) is 5. The fourth-order valence-electron chi connectivity index (χ4n) is 2.91. The number of anilines is 2. The van der Waals surface area contributed by atoms with Crippen LogP contribution in [0.15, 0.2) is 0 Å². The summed E-state index contributed by atoms with van der Waals surface area (Å²) in [7, 11) is 1.95. The summed E-state index contributed by atoms with van der Waals surface area (Å²) in [5.74, 6) is 0.255. The first-order valence-corrected chi connectivity index (χ1v) is 8.58. The van der Waals surface area contributed by atoms with E-state index in [9.17, 15) is 4.79 Å². The van der Waals surface area contributed by atoms with Crippen molar-refractivity contribution in [2.24, 2.45) is 5.41 Å². The molecule has 0 aromatic carbocycles. The lowest BCUT2D eigenvalue weighted by atomic mass is 9.83. The van der Waals surface area contributed by atoms with E-state index in [-0.39, 0.29) is 11.3 Å². The molecule has 0 bridgehead atoms. The fourth-order valence-corrected chi connectivity index (χ4v) is 3.84. The largest absolute Gasteiger partial charge is 0.382 e. The van der Waals surface area contributed by atoms with Crippen LogP contribution < -0.4 is 16.0 Å². The van der Waals surface area contributed by atoms with Crippen LogP contribution in [0.1, 0.15) is 55.6 Å². The van der Waals surface area contributed by atoms with Crippen LogP contribution in [0.25, 0.3) is 0 Å². The van der Waals surface area contributed by atoms with E-state index in [4.69, 9.17) is 5.73 Å². The molecule has 1 aliphatic carbocycles. The molecule has 1 amide bonds. The van der Waals surface area contributed by atoms with E-state index in [2.05, 4.69) is 17.2 Å². The van der Waals surface area contributed by atoms with Crippen molar-refractivity contribution in [3.05, 3.63) is 4.88 Å². The predicted molar refractivity (Wildman–Crippen MR) is 89.0 cm³/mol. The van der Waals surface area contributed by atoms with Crippen molar-refractivity contribution in [3.8, 4) is 0 Å². The Labute approximate surface area is 130 Å². The van der Waals surface area contributed by atoms with Gasteiger partial charge in [0.15, 0.2) is 5.13 Å². The molecule has 118 valence electrons. The Kier molecular flexibility index (Phi) is 5.08. The first-order chi connectivity index (χ1) is 10.0. The van der Waals surface area contributed by atoms with Crippen molar-refractivity contribution in [1.29, 1.82) is 0 Å². The van der Waals surface area contributed by atoms with Crippen LogP contribution in [-0.4, -0.2) is 31.0 Å². The third-order valence-corrected chi connectivity index (χ3v) is 5.87. The number of nitrogens with zero attached hydrogens (tertiary/aromatic N) is 2. The van der Waals surface area contributed by atoms with Gasteiger partial charge in [0.05, 0.1) is 0 Å². The summed E-state index contributed by atoms with van der Waals surface area (Å²) < 4.78 is 0. The highest BCUT2D eigenvalue weighted by molar-refractivity contribution is 7.18. The Morgan fingerprint density at radius 1 is 1.43 bits per heavy atom. The average molecular weight is 310 g/mol. The van der Waals surface area contributed by atoms with Crippen molar-refractivity contribution in [2.45, 2.75) is 46.0 Å². The minimum absolute atomic E-state index is 0.0829. The molecule has 6 heteroatoms.